The second-order valence-corrected chi connectivity index (χ2v) is 7.83. The van der Waals surface area contributed by atoms with E-state index in [1.54, 1.807) is 18.2 Å². The molecular weight excluding hydrogens is 371 g/mol. The Kier molecular flexibility index (Phi) is 7.16. The number of aliphatic imine (C=N–C) groups is 1. The van der Waals surface area contributed by atoms with Gasteiger partial charge < -0.3 is 15.0 Å². The van der Waals surface area contributed by atoms with E-state index in [4.69, 9.17) is 10.00 Å². The molecule has 0 aliphatic carbocycles. The first kappa shape index (κ1) is 22.2. The molecule has 0 saturated carbocycles. The number of nitrogens with one attached hydrogen (secondary N) is 1. The fourth-order valence-electron chi connectivity index (χ4n) is 2.96. The zero-order valence-corrected chi connectivity index (χ0v) is 17.2. The third kappa shape index (κ3) is 6.46. The van der Waals surface area contributed by atoms with E-state index in [2.05, 4.69) is 23.5 Å². The molecule has 1 aliphatic heterocycles. The van der Waals surface area contributed by atoms with Crippen LogP contribution in [0, 0.1) is 17.1 Å². The van der Waals surface area contributed by atoms with Gasteiger partial charge in [-0.2, -0.15) is 5.26 Å². The van der Waals surface area contributed by atoms with Crippen LogP contribution in [0.3, 0.4) is 0 Å². The maximum absolute atomic E-state index is 13.8. The molecule has 29 heavy (non-hydrogen) atoms. The summed E-state index contributed by atoms with van der Waals surface area (Å²) in [4.78, 5) is 18.5. The number of hydrogen-bond donors (Lipinski definition) is 1. The van der Waals surface area contributed by atoms with Gasteiger partial charge in [0.2, 0.25) is 0 Å². The predicted molar refractivity (Wildman–Crippen MR) is 112 cm³/mol. The monoisotopic (exact) mass is 398 g/mol. The van der Waals surface area contributed by atoms with Crippen molar-refractivity contribution in [3.63, 3.8) is 0 Å². The van der Waals surface area contributed by atoms with Gasteiger partial charge in [0.25, 0.3) is 0 Å². The molecule has 0 atom stereocenters. The van der Waals surface area contributed by atoms with Gasteiger partial charge in [-0.25, -0.2) is 14.2 Å². The lowest BCUT2D eigenvalue weighted by molar-refractivity contribution is 0.0488. The van der Waals surface area contributed by atoms with Gasteiger partial charge in [0, 0.05) is 24.7 Å². The van der Waals surface area contributed by atoms with Crippen LogP contribution < -0.4 is 5.32 Å². The summed E-state index contributed by atoms with van der Waals surface area (Å²) in [7, 11) is 0. The molecule has 1 heterocycles. The molecule has 0 radical (unpaired) electrons. The molecule has 0 bridgehead atoms. The van der Waals surface area contributed by atoms with Gasteiger partial charge in [-0.3, -0.25) is 0 Å². The molecule has 1 N–H and O–H groups in total. The highest BCUT2D eigenvalue weighted by Crippen LogP contribution is 2.20. The summed E-state index contributed by atoms with van der Waals surface area (Å²) in [5.74, 6) is 0.0334. The minimum absolute atomic E-state index is 0.0194. The number of piperidine rings is 1. The van der Waals surface area contributed by atoms with Crippen LogP contribution in [0.4, 0.5) is 9.18 Å². The Hall–Kier alpha value is -3.14. The highest BCUT2D eigenvalue weighted by molar-refractivity contribution is 5.96. The summed E-state index contributed by atoms with van der Waals surface area (Å²) in [6.45, 7) is 14.6. The second-order valence-electron chi connectivity index (χ2n) is 7.83. The van der Waals surface area contributed by atoms with Crippen LogP contribution in [-0.2, 0) is 4.74 Å². The van der Waals surface area contributed by atoms with E-state index in [9.17, 15) is 9.18 Å². The lowest BCUT2D eigenvalue weighted by Crippen LogP contribution is -2.47. The predicted octanol–water partition coefficient (Wildman–Crippen LogP) is 4.24. The van der Waals surface area contributed by atoms with Crippen molar-refractivity contribution in [2.75, 3.05) is 13.1 Å². The van der Waals surface area contributed by atoms with Crippen molar-refractivity contribution >= 4 is 17.6 Å². The number of ether oxygens (including phenoxy) is 1. The van der Waals surface area contributed by atoms with E-state index in [0.29, 0.717) is 30.2 Å². The van der Waals surface area contributed by atoms with Crippen molar-refractivity contribution in [1.29, 1.82) is 5.26 Å². The largest absolute Gasteiger partial charge is 0.444 e. The normalized spacial score (nSPS) is 15.4. The zero-order chi connectivity index (χ0) is 21.6. The Morgan fingerprint density at radius 3 is 2.59 bits per heavy atom. The molecule has 6 nitrogen and oxygen atoms in total. The molecule has 1 aromatic carbocycles. The molecule has 0 unspecified atom stereocenters. The molecule has 1 aliphatic rings. The van der Waals surface area contributed by atoms with E-state index < -0.39 is 17.5 Å². The average Bonchev–Trinajstić information content (AvgIpc) is 2.65. The van der Waals surface area contributed by atoms with Gasteiger partial charge in [-0.05, 0) is 51.8 Å². The third-order valence-electron chi connectivity index (χ3n) is 4.39. The first-order valence-corrected chi connectivity index (χ1v) is 9.47. The molecule has 2 rings (SSSR count). The van der Waals surface area contributed by atoms with E-state index in [1.807, 2.05) is 25.7 Å². The number of likely N-dealkylation sites (tertiary alicyclic amines) is 1. The second kappa shape index (κ2) is 9.37. The number of carbonyl (C=O) groups excluding carboxylic acids is 1. The quantitative estimate of drug-likeness (QED) is 0.608. The Bertz CT molecular complexity index is 857. The standard InChI is InChI=1S/C22H27FN4O2/c1-6-20(25-15(2)16-7-8-17(14-24)19(23)13-16)27-11-9-18(10-12-27)26-21(28)29-22(3,4)5/h6-8,13,18H,1-2,9-12H2,3-5H3,(H,26,28). The van der Waals surface area contributed by atoms with Gasteiger partial charge in [0.1, 0.15) is 23.3 Å². The first-order valence-electron chi connectivity index (χ1n) is 9.47. The summed E-state index contributed by atoms with van der Waals surface area (Å²) in [5, 5.41) is 11.7. The third-order valence-corrected chi connectivity index (χ3v) is 4.39. The summed E-state index contributed by atoms with van der Waals surface area (Å²) in [5.41, 5.74) is 0.340. The highest BCUT2D eigenvalue weighted by Gasteiger charge is 2.24. The van der Waals surface area contributed by atoms with Gasteiger partial charge in [0.05, 0.1) is 11.3 Å². The minimum atomic E-state index is -0.601. The molecule has 1 aromatic rings. The van der Waals surface area contributed by atoms with Gasteiger partial charge in [-0.15, -0.1) is 0 Å². The average molecular weight is 398 g/mol. The van der Waals surface area contributed by atoms with Crippen LogP contribution >= 0.6 is 0 Å². The molecule has 0 aromatic heterocycles. The van der Waals surface area contributed by atoms with Crippen molar-refractivity contribution in [2.24, 2.45) is 4.99 Å². The molecular formula is C22H27FN4O2. The smallest absolute Gasteiger partial charge is 0.407 e. The summed E-state index contributed by atoms with van der Waals surface area (Å²) in [6, 6.07) is 6.10. The van der Waals surface area contributed by atoms with Crippen LogP contribution in [0.2, 0.25) is 0 Å². The van der Waals surface area contributed by atoms with Crippen molar-refractivity contribution in [3.8, 4) is 6.07 Å². The van der Waals surface area contributed by atoms with Gasteiger partial charge >= 0.3 is 6.09 Å². The lowest BCUT2D eigenvalue weighted by atomic mass is 10.0. The minimum Gasteiger partial charge on any atom is -0.444 e. The number of carbonyl (C=O) groups is 1. The number of nitriles is 1. The number of hydrogen-bond acceptors (Lipinski definition) is 4. The summed E-state index contributed by atoms with van der Waals surface area (Å²) < 4.78 is 19.1. The Balaban J connectivity index is 1.98. The summed E-state index contributed by atoms with van der Waals surface area (Å²) in [6.07, 6.45) is 2.70. The SMILES string of the molecule is C=CC(=NC(=C)c1ccc(C#N)c(F)c1)N1CCC(NC(=O)OC(C)(C)C)CC1. The van der Waals surface area contributed by atoms with Crippen LogP contribution in [0.25, 0.3) is 5.70 Å². The van der Waals surface area contributed by atoms with Gasteiger partial charge in [-0.1, -0.05) is 19.2 Å². The van der Waals surface area contributed by atoms with E-state index >= 15 is 0 Å². The first-order chi connectivity index (χ1) is 13.6. The molecule has 1 saturated heterocycles. The van der Waals surface area contributed by atoms with E-state index in [1.165, 1.54) is 12.1 Å². The van der Waals surface area contributed by atoms with Crippen molar-refractivity contribution < 1.29 is 13.9 Å². The number of alkyl carbamates (subject to hydrolysis) is 1. The molecule has 154 valence electrons. The lowest BCUT2D eigenvalue weighted by Gasteiger charge is -2.34. The highest BCUT2D eigenvalue weighted by atomic mass is 19.1. The van der Waals surface area contributed by atoms with E-state index in [-0.39, 0.29) is 11.6 Å². The number of nitrogens with zero attached hydrogens (tertiary/aromatic N) is 3. The molecule has 1 amide bonds. The fraction of sp³-hybridized carbons (Fsp3) is 0.409. The maximum atomic E-state index is 13.8. The molecule has 7 heteroatoms. The topological polar surface area (TPSA) is 77.7 Å². The zero-order valence-electron chi connectivity index (χ0n) is 17.2. The van der Waals surface area contributed by atoms with Crippen LogP contribution in [0.5, 0.6) is 0 Å². The Morgan fingerprint density at radius 2 is 2.07 bits per heavy atom. The van der Waals surface area contributed by atoms with E-state index in [0.717, 1.165) is 12.8 Å². The number of halogens is 1. The number of rotatable bonds is 4. The van der Waals surface area contributed by atoms with Crippen LogP contribution in [0.15, 0.2) is 42.4 Å². The molecule has 1 fully saturated rings. The number of amidine groups is 1. The van der Waals surface area contributed by atoms with Crippen LogP contribution in [-0.4, -0.2) is 41.6 Å². The van der Waals surface area contributed by atoms with Crippen molar-refractivity contribution in [3.05, 3.63) is 54.4 Å². The Labute approximate surface area is 171 Å². The fourth-order valence-corrected chi connectivity index (χ4v) is 2.96. The maximum Gasteiger partial charge on any atom is 0.407 e. The Morgan fingerprint density at radius 1 is 1.41 bits per heavy atom. The van der Waals surface area contributed by atoms with Crippen molar-refractivity contribution in [1.82, 2.24) is 10.2 Å². The number of amides is 1. The van der Waals surface area contributed by atoms with Gasteiger partial charge in [0.15, 0.2) is 0 Å². The molecule has 0 spiro atoms. The van der Waals surface area contributed by atoms with Crippen LogP contribution in [0.1, 0.15) is 44.7 Å². The number of benzene rings is 1. The summed E-state index contributed by atoms with van der Waals surface area (Å²) >= 11 is 0. The van der Waals surface area contributed by atoms with Crippen molar-refractivity contribution in [2.45, 2.75) is 45.3 Å².